The highest BCUT2D eigenvalue weighted by Crippen LogP contribution is 2.21. The maximum absolute atomic E-state index is 11.3. The van der Waals surface area contributed by atoms with Gasteiger partial charge in [-0.1, -0.05) is 12.1 Å². The van der Waals surface area contributed by atoms with E-state index in [1.165, 1.54) is 13.1 Å². The lowest BCUT2D eigenvalue weighted by atomic mass is 10.3. The molecule has 80 valence electrons. The number of amides is 2. The van der Waals surface area contributed by atoms with Crippen LogP contribution in [0.15, 0.2) is 24.3 Å². The molecule has 5 nitrogen and oxygen atoms in total. The quantitative estimate of drug-likeness (QED) is 0.499. The van der Waals surface area contributed by atoms with Crippen molar-refractivity contribution in [3.05, 3.63) is 24.3 Å². The number of phenolic OH excluding ortho intramolecular Hbond substituents is 1. The molecule has 0 fully saturated rings. The van der Waals surface area contributed by atoms with Gasteiger partial charge in [0.05, 0.1) is 5.69 Å². The summed E-state index contributed by atoms with van der Waals surface area (Å²) < 4.78 is 0. The van der Waals surface area contributed by atoms with E-state index in [0.29, 0.717) is 5.69 Å². The Morgan fingerprint density at radius 1 is 1.27 bits per heavy atom. The summed E-state index contributed by atoms with van der Waals surface area (Å²) >= 11 is 0. The van der Waals surface area contributed by atoms with Gasteiger partial charge >= 0.3 is 0 Å². The standard InChI is InChI=1S/C10H12N2O3/c1-11-9(14)6-10(15)12-7-4-2-3-5-8(7)13/h2-5,13H,6H2,1H3,(H,11,14)(H,12,15). The van der Waals surface area contributed by atoms with Crippen LogP contribution in [0.1, 0.15) is 6.42 Å². The zero-order valence-electron chi connectivity index (χ0n) is 8.28. The van der Waals surface area contributed by atoms with Crippen LogP contribution in [0.25, 0.3) is 0 Å². The Kier molecular flexibility index (Phi) is 3.68. The van der Waals surface area contributed by atoms with Gasteiger partial charge in [-0.15, -0.1) is 0 Å². The molecular weight excluding hydrogens is 196 g/mol. The van der Waals surface area contributed by atoms with Crippen molar-refractivity contribution in [3.63, 3.8) is 0 Å². The van der Waals surface area contributed by atoms with E-state index in [0.717, 1.165) is 0 Å². The highest BCUT2D eigenvalue weighted by molar-refractivity contribution is 6.04. The normalized spacial score (nSPS) is 9.40. The van der Waals surface area contributed by atoms with Gasteiger partial charge in [0.2, 0.25) is 11.8 Å². The monoisotopic (exact) mass is 208 g/mol. The molecule has 1 rings (SSSR count). The van der Waals surface area contributed by atoms with E-state index in [4.69, 9.17) is 0 Å². The number of carbonyl (C=O) groups excluding carboxylic acids is 2. The highest BCUT2D eigenvalue weighted by atomic mass is 16.3. The molecule has 0 aromatic heterocycles. The minimum absolute atomic E-state index is 0.0252. The van der Waals surface area contributed by atoms with Crippen molar-refractivity contribution in [3.8, 4) is 5.75 Å². The third kappa shape index (κ3) is 3.30. The molecule has 0 radical (unpaired) electrons. The van der Waals surface area contributed by atoms with Gasteiger partial charge in [0.1, 0.15) is 12.2 Å². The average molecular weight is 208 g/mol. The minimum Gasteiger partial charge on any atom is -0.506 e. The largest absolute Gasteiger partial charge is 0.506 e. The van der Waals surface area contributed by atoms with Gasteiger partial charge in [0.25, 0.3) is 0 Å². The first kappa shape index (κ1) is 11.0. The fraction of sp³-hybridized carbons (Fsp3) is 0.200. The summed E-state index contributed by atoms with van der Waals surface area (Å²) in [5.74, 6) is -0.860. The molecular formula is C10H12N2O3. The van der Waals surface area contributed by atoms with Crippen LogP contribution in [0.2, 0.25) is 0 Å². The van der Waals surface area contributed by atoms with Crippen molar-refractivity contribution < 1.29 is 14.7 Å². The second-order valence-corrected chi connectivity index (χ2v) is 2.92. The van der Waals surface area contributed by atoms with Crippen LogP contribution >= 0.6 is 0 Å². The number of carbonyl (C=O) groups is 2. The Morgan fingerprint density at radius 3 is 2.53 bits per heavy atom. The number of hydrogen-bond donors (Lipinski definition) is 3. The first-order chi connectivity index (χ1) is 7.13. The maximum Gasteiger partial charge on any atom is 0.233 e. The summed E-state index contributed by atoms with van der Waals surface area (Å²) in [6.07, 6.45) is -0.259. The lowest BCUT2D eigenvalue weighted by Crippen LogP contribution is -2.24. The smallest absolute Gasteiger partial charge is 0.233 e. The van der Waals surface area contributed by atoms with Crippen LogP contribution in [-0.4, -0.2) is 24.0 Å². The molecule has 0 heterocycles. The van der Waals surface area contributed by atoms with Gasteiger partial charge in [-0.3, -0.25) is 9.59 Å². The third-order valence-corrected chi connectivity index (χ3v) is 1.78. The van der Waals surface area contributed by atoms with Gasteiger partial charge in [0, 0.05) is 7.05 Å². The average Bonchev–Trinajstić information content (AvgIpc) is 2.21. The Labute approximate surface area is 87.1 Å². The molecule has 0 aliphatic rings. The van der Waals surface area contributed by atoms with Gasteiger partial charge in [-0.05, 0) is 12.1 Å². The molecule has 1 aromatic rings. The Morgan fingerprint density at radius 2 is 1.93 bits per heavy atom. The van der Waals surface area contributed by atoms with Crippen LogP contribution < -0.4 is 10.6 Å². The summed E-state index contributed by atoms with van der Waals surface area (Å²) in [4.78, 5) is 22.1. The lowest BCUT2D eigenvalue weighted by Gasteiger charge is -2.05. The van der Waals surface area contributed by atoms with Crippen molar-refractivity contribution in [2.24, 2.45) is 0 Å². The van der Waals surface area contributed by atoms with Crippen LogP contribution in [0.4, 0.5) is 5.69 Å². The van der Waals surface area contributed by atoms with Crippen LogP contribution in [0.5, 0.6) is 5.75 Å². The Balaban J connectivity index is 2.59. The van der Waals surface area contributed by atoms with Crippen molar-refractivity contribution >= 4 is 17.5 Å². The van der Waals surface area contributed by atoms with Gasteiger partial charge in [0.15, 0.2) is 0 Å². The Hall–Kier alpha value is -2.04. The van der Waals surface area contributed by atoms with E-state index in [9.17, 15) is 14.7 Å². The van der Waals surface area contributed by atoms with Crippen LogP contribution in [0, 0.1) is 0 Å². The predicted molar refractivity (Wildman–Crippen MR) is 55.4 cm³/mol. The van der Waals surface area contributed by atoms with E-state index in [2.05, 4.69) is 10.6 Å². The molecule has 5 heteroatoms. The van der Waals surface area contributed by atoms with E-state index in [1.807, 2.05) is 0 Å². The number of para-hydroxylation sites is 2. The molecule has 0 aliphatic carbocycles. The SMILES string of the molecule is CNC(=O)CC(=O)Nc1ccccc1O. The third-order valence-electron chi connectivity index (χ3n) is 1.78. The zero-order chi connectivity index (χ0) is 11.3. The molecule has 0 unspecified atom stereocenters. The van der Waals surface area contributed by atoms with Crippen molar-refractivity contribution in [1.29, 1.82) is 0 Å². The summed E-state index contributed by atoms with van der Waals surface area (Å²) in [5, 5.41) is 14.1. The fourth-order valence-electron chi connectivity index (χ4n) is 1.01. The molecule has 0 bridgehead atoms. The number of aromatic hydroxyl groups is 1. The molecule has 1 aromatic carbocycles. The second-order valence-electron chi connectivity index (χ2n) is 2.92. The summed E-state index contributed by atoms with van der Waals surface area (Å²) in [5.41, 5.74) is 0.298. The molecule has 15 heavy (non-hydrogen) atoms. The maximum atomic E-state index is 11.3. The van der Waals surface area contributed by atoms with Gasteiger partial charge in [-0.25, -0.2) is 0 Å². The van der Waals surface area contributed by atoms with Gasteiger partial charge in [-0.2, -0.15) is 0 Å². The molecule has 2 amide bonds. The number of anilines is 1. The van der Waals surface area contributed by atoms with E-state index in [1.54, 1.807) is 18.2 Å². The zero-order valence-corrected chi connectivity index (χ0v) is 8.28. The molecule has 0 saturated carbocycles. The molecule has 0 aliphatic heterocycles. The number of phenols is 1. The molecule has 0 atom stereocenters. The topological polar surface area (TPSA) is 78.4 Å². The summed E-state index contributed by atoms with van der Waals surface area (Å²) in [6, 6.07) is 6.32. The molecule has 0 saturated heterocycles. The molecule has 0 spiro atoms. The van der Waals surface area contributed by atoms with Crippen molar-refractivity contribution in [2.45, 2.75) is 6.42 Å². The van der Waals surface area contributed by atoms with E-state index >= 15 is 0 Å². The molecule has 3 N–H and O–H groups in total. The van der Waals surface area contributed by atoms with Crippen LogP contribution in [0.3, 0.4) is 0 Å². The first-order valence-corrected chi connectivity index (χ1v) is 4.42. The number of rotatable bonds is 3. The van der Waals surface area contributed by atoms with Crippen molar-refractivity contribution in [1.82, 2.24) is 5.32 Å². The predicted octanol–water partition coefficient (Wildman–Crippen LogP) is 0.467. The number of hydrogen-bond acceptors (Lipinski definition) is 3. The van der Waals surface area contributed by atoms with E-state index < -0.39 is 5.91 Å². The Bertz CT molecular complexity index is 377. The van der Waals surface area contributed by atoms with Crippen LogP contribution in [-0.2, 0) is 9.59 Å². The first-order valence-electron chi connectivity index (χ1n) is 4.42. The second kappa shape index (κ2) is 4.99. The number of benzene rings is 1. The van der Waals surface area contributed by atoms with Crippen molar-refractivity contribution in [2.75, 3.05) is 12.4 Å². The highest BCUT2D eigenvalue weighted by Gasteiger charge is 2.09. The fourth-order valence-corrected chi connectivity index (χ4v) is 1.01. The summed E-state index contributed by atoms with van der Waals surface area (Å²) in [6.45, 7) is 0. The van der Waals surface area contributed by atoms with Gasteiger partial charge < -0.3 is 15.7 Å². The summed E-state index contributed by atoms with van der Waals surface area (Å²) in [7, 11) is 1.45. The lowest BCUT2D eigenvalue weighted by molar-refractivity contribution is -0.126. The number of nitrogens with one attached hydrogen (secondary N) is 2. The minimum atomic E-state index is -0.462. The van der Waals surface area contributed by atoms with E-state index in [-0.39, 0.29) is 18.1 Å².